The van der Waals surface area contributed by atoms with E-state index in [-0.39, 0.29) is 16.6 Å². The number of carbonyl (C=O) groups is 1. The van der Waals surface area contributed by atoms with E-state index in [0.717, 1.165) is 41.7 Å². The zero-order valence-electron chi connectivity index (χ0n) is 17.8. The molecule has 154 valence electrons. The van der Waals surface area contributed by atoms with Gasteiger partial charge >= 0.3 is 0 Å². The second-order valence-electron chi connectivity index (χ2n) is 9.52. The van der Waals surface area contributed by atoms with Crippen molar-refractivity contribution in [2.75, 3.05) is 0 Å². The van der Waals surface area contributed by atoms with Crippen molar-refractivity contribution in [3.05, 3.63) is 95.0 Å². The van der Waals surface area contributed by atoms with Crippen LogP contribution in [-0.2, 0) is 17.3 Å². The lowest BCUT2D eigenvalue weighted by atomic mass is 9.32. The largest absolute Gasteiger partial charge is 0.294 e. The number of hydrogen-bond acceptors (Lipinski definition) is 4. The highest BCUT2D eigenvalue weighted by Gasteiger charge is 2.70. The van der Waals surface area contributed by atoms with E-state index in [0.29, 0.717) is 6.42 Å². The number of rotatable bonds is 5. The Morgan fingerprint density at radius 2 is 1.87 bits per heavy atom. The molecular weight excluding hydrogens is 384 g/mol. The number of Topliss-reactive ketones (excluding diaryl/α,β-unsaturated/α-hetero) is 1. The van der Waals surface area contributed by atoms with Gasteiger partial charge in [0.1, 0.15) is 12.0 Å². The molecule has 0 N–H and O–H groups in total. The number of pyridine rings is 1. The van der Waals surface area contributed by atoms with E-state index < -0.39 is 0 Å². The van der Waals surface area contributed by atoms with Gasteiger partial charge in [0.05, 0.1) is 12.1 Å². The average Bonchev–Trinajstić information content (AvgIpc) is 3.11. The highest BCUT2D eigenvalue weighted by Crippen LogP contribution is 2.74. The van der Waals surface area contributed by atoms with Gasteiger partial charge in [0.2, 0.25) is 0 Å². The molecule has 4 aromatic rings. The van der Waals surface area contributed by atoms with Gasteiger partial charge in [-0.1, -0.05) is 12.1 Å². The van der Waals surface area contributed by atoms with Gasteiger partial charge in [-0.15, -0.1) is 0 Å². The molecule has 0 saturated heterocycles. The highest BCUT2D eigenvalue weighted by atomic mass is 16.1. The summed E-state index contributed by atoms with van der Waals surface area (Å²) in [6.45, 7) is 4.19. The van der Waals surface area contributed by atoms with Crippen LogP contribution < -0.4 is 0 Å². The van der Waals surface area contributed by atoms with E-state index in [1.165, 1.54) is 16.8 Å². The van der Waals surface area contributed by atoms with Crippen LogP contribution in [0, 0.1) is 13.8 Å². The monoisotopic (exact) mass is 408 g/mol. The summed E-state index contributed by atoms with van der Waals surface area (Å²) >= 11 is 0. The molecule has 5 heteroatoms. The first kappa shape index (κ1) is 18.4. The molecule has 0 atom stereocenters. The molecule has 3 saturated carbocycles. The predicted octanol–water partition coefficient (Wildman–Crippen LogP) is 4.54. The van der Waals surface area contributed by atoms with Crippen molar-refractivity contribution in [3.8, 4) is 0 Å². The lowest BCUT2D eigenvalue weighted by Gasteiger charge is -2.71. The molecule has 3 heterocycles. The van der Waals surface area contributed by atoms with E-state index in [4.69, 9.17) is 4.98 Å². The molecule has 31 heavy (non-hydrogen) atoms. The summed E-state index contributed by atoms with van der Waals surface area (Å²) in [5.41, 5.74) is 7.87. The predicted molar refractivity (Wildman–Crippen MR) is 118 cm³/mol. The second-order valence-corrected chi connectivity index (χ2v) is 9.52. The van der Waals surface area contributed by atoms with Crippen LogP contribution in [0.2, 0.25) is 0 Å². The lowest BCUT2D eigenvalue weighted by molar-refractivity contribution is -0.0723. The summed E-state index contributed by atoms with van der Waals surface area (Å²) in [6.07, 6.45) is 11.2. The SMILES string of the molecule is Cc1ccnc(CC(=O)c2ccc(C)c(C34CC(c5cn6cnccc6n5)(C3)C4)c2)c1. The molecule has 0 unspecified atom stereocenters. The van der Waals surface area contributed by atoms with E-state index in [1.807, 2.05) is 41.9 Å². The van der Waals surface area contributed by atoms with Crippen molar-refractivity contribution in [1.82, 2.24) is 19.4 Å². The third-order valence-corrected chi connectivity index (χ3v) is 7.28. The summed E-state index contributed by atoms with van der Waals surface area (Å²) < 4.78 is 2.01. The minimum absolute atomic E-state index is 0.133. The number of ketones is 1. The third kappa shape index (κ3) is 2.76. The van der Waals surface area contributed by atoms with Crippen molar-refractivity contribution >= 4 is 11.4 Å². The first-order valence-electron chi connectivity index (χ1n) is 10.8. The van der Waals surface area contributed by atoms with Crippen molar-refractivity contribution in [2.24, 2.45) is 0 Å². The molecule has 0 aliphatic heterocycles. The van der Waals surface area contributed by atoms with Crippen LogP contribution in [0.25, 0.3) is 5.65 Å². The molecule has 0 amide bonds. The maximum atomic E-state index is 13.0. The number of benzene rings is 1. The summed E-state index contributed by atoms with van der Waals surface area (Å²) in [5, 5.41) is 0. The van der Waals surface area contributed by atoms with E-state index in [1.54, 1.807) is 12.4 Å². The Morgan fingerprint density at radius 3 is 2.65 bits per heavy atom. The number of fused-ring (bicyclic) bond motifs is 1. The summed E-state index contributed by atoms with van der Waals surface area (Å²) in [5.74, 6) is 0.133. The minimum Gasteiger partial charge on any atom is -0.294 e. The zero-order valence-corrected chi connectivity index (χ0v) is 17.8. The van der Waals surface area contributed by atoms with Gasteiger partial charge in [0.25, 0.3) is 0 Å². The van der Waals surface area contributed by atoms with E-state index in [9.17, 15) is 4.79 Å². The Labute approximate surface area is 181 Å². The van der Waals surface area contributed by atoms with Crippen LogP contribution in [0.4, 0.5) is 0 Å². The van der Waals surface area contributed by atoms with Gasteiger partial charge in [-0.2, -0.15) is 0 Å². The quantitative estimate of drug-likeness (QED) is 0.455. The Hall–Kier alpha value is -3.34. The van der Waals surface area contributed by atoms with Crippen LogP contribution >= 0.6 is 0 Å². The Balaban J connectivity index is 1.24. The molecule has 0 radical (unpaired) electrons. The molecule has 2 bridgehead atoms. The molecule has 7 rings (SSSR count). The molecule has 3 aliphatic carbocycles. The number of aromatic nitrogens is 4. The third-order valence-electron chi connectivity index (χ3n) is 7.28. The average molecular weight is 409 g/mol. The highest BCUT2D eigenvalue weighted by molar-refractivity contribution is 5.97. The number of nitrogens with zero attached hydrogens (tertiary/aromatic N) is 4. The fraction of sp³-hybridized carbons (Fsp3) is 0.308. The van der Waals surface area contributed by atoms with Crippen molar-refractivity contribution in [1.29, 1.82) is 0 Å². The normalized spacial score (nSPS) is 23.9. The van der Waals surface area contributed by atoms with Gasteiger partial charge in [-0.3, -0.25) is 14.2 Å². The zero-order chi connectivity index (χ0) is 21.2. The topological polar surface area (TPSA) is 60.2 Å². The second kappa shape index (κ2) is 6.33. The van der Waals surface area contributed by atoms with E-state index in [2.05, 4.69) is 35.2 Å². The molecule has 5 nitrogen and oxygen atoms in total. The van der Waals surface area contributed by atoms with Crippen LogP contribution in [0.3, 0.4) is 0 Å². The van der Waals surface area contributed by atoms with E-state index >= 15 is 0 Å². The standard InChI is InChI=1S/C26H24N4O/c1-17-5-8-28-20(9-17)11-22(31)19-4-3-18(2)21(10-19)25-13-26(14-25,15-25)23-12-30-16-27-7-6-24(30)29-23/h3-10,12,16H,11,13-15H2,1-2H3. The van der Waals surface area contributed by atoms with Gasteiger partial charge in [-0.05, 0) is 79.5 Å². The first-order valence-corrected chi connectivity index (χ1v) is 10.8. The Morgan fingerprint density at radius 1 is 1.03 bits per heavy atom. The van der Waals surface area contributed by atoms with Crippen molar-refractivity contribution < 1.29 is 4.79 Å². The van der Waals surface area contributed by atoms with Crippen LogP contribution in [0.1, 0.15) is 57.7 Å². The molecule has 3 aliphatic rings. The Bertz CT molecular complexity index is 1300. The molecule has 3 aromatic heterocycles. The van der Waals surface area contributed by atoms with Gasteiger partial charge < -0.3 is 0 Å². The van der Waals surface area contributed by atoms with Gasteiger partial charge in [-0.25, -0.2) is 9.97 Å². The summed E-state index contributed by atoms with van der Waals surface area (Å²) in [6, 6.07) is 12.1. The molecular formula is C26H24N4O. The van der Waals surface area contributed by atoms with Crippen molar-refractivity contribution in [2.45, 2.75) is 50.4 Å². The number of aryl methyl sites for hydroxylation is 2. The molecule has 3 fully saturated rings. The Kier molecular flexibility index (Phi) is 3.76. The minimum atomic E-state index is 0.133. The van der Waals surface area contributed by atoms with Gasteiger partial charge in [0.15, 0.2) is 5.78 Å². The maximum Gasteiger partial charge on any atom is 0.168 e. The fourth-order valence-electron chi connectivity index (χ4n) is 5.77. The maximum absolute atomic E-state index is 13.0. The molecule has 1 aromatic carbocycles. The summed E-state index contributed by atoms with van der Waals surface area (Å²) in [7, 11) is 0. The van der Waals surface area contributed by atoms with Crippen LogP contribution in [0.15, 0.2) is 61.3 Å². The van der Waals surface area contributed by atoms with Crippen LogP contribution in [-0.4, -0.2) is 25.1 Å². The molecule has 0 spiro atoms. The smallest absolute Gasteiger partial charge is 0.168 e. The number of carbonyl (C=O) groups excluding carboxylic acids is 1. The first-order chi connectivity index (χ1) is 15.0. The van der Waals surface area contributed by atoms with Crippen molar-refractivity contribution in [3.63, 3.8) is 0 Å². The van der Waals surface area contributed by atoms with Crippen LogP contribution in [0.5, 0.6) is 0 Å². The fourth-order valence-corrected chi connectivity index (χ4v) is 5.77. The lowest BCUT2D eigenvalue weighted by Crippen LogP contribution is -2.67. The number of hydrogen-bond donors (Lipinski definition) is 0. The summed E-state index contributed by atoms with van der Waals surface area (Å²) in [4.78, 5) is 26.4. The van der Waals surface area contributed by atoms with Gasteiger partial charge in [0, 0.05) is 35.3 Å². The number of imidazole rings is 1.